The van der Waals surface area contributed by atoms with E-state index in [9.17, 15) is 40.7 Å². The average Bonchev–Trinajstić information content (AvgIpc) is 2.63. The van der Waals surface area contributed by atoms with E-state index in [0.717, 1.165) is 7.11 Å². The first-order chi connectivity index (χ1) is 14.9. The number of hydrogen-bond acceptors (Lipinski definition) is 5. The van der Waals surface area contributed by atoms with Crippen LogP contribution in [0.1, 0.15) is 56.7 Å². The minimum absolute atomic E-state index is 0.0134. The normalized spacial score (nSPS) is 13.3. The van der Waals surface area contributed by atoms with Gasteiger partial charge in [0.2, 0.25) is 0 Å². The second kappa shape index (κ2) is 10.9. The lowest BCUT2D eigenvalue weighted by atomic mass is 9.98. The van der Waals surface area contributed by atoms with Gasteiger partial charge in [-0.25, -0.2) is 9.59 Å². The van der Waals surface area contributed by atoms with Gasteiger partial charge in [0.15, 0.2) is 0 Å². The molecule has 6 nitrogen and oxygen atoms in total. The van der Waals surface area contributed by atoms with E-state index in [2.05, 4.69) is 10.1 Å². The summed E-state index contributed by atoms with van der Waals surface area (Å²) in [6, 6.07) is -0.178. The predicted octanol–water partition coefficient (Wildman–Crippen LogP) is 5.07. The molecule has 0 aromatic heterocycles. The molecule has 0 bridgehead atoms. The molecule has 0 saturated carbocycles. The predicted molar refractivity (Wildman–Crippen MR) is 104 cm³/mol. The van der Waals surface area contributed by atoms with Gasteiger partial charge in [-0.2, -0.15) is 26.3 Å². The molecular weight excluding hydrogens is 460 g/mol. The molecule has 0 aliphatic rings. The van der Waals surface area contributed by atoms with Gasteiger partial charge in [-0.05, 0) is 57.4 Å². The molecule has 1 N–H and O–H groups in total. The van der Waals surface area contributed by atoms with Crippen LogP contribution < -0.4 is 5.32 Å². The summed E-state index contributed by atoms with van der Waals surface area (Å²) in [7, 11) is 1.09. The number of hydrogen-bond donors (Lipinski definition) is 1. The van der Waals surface area contributed by atoms with Crippen molar-refractivity contribution in [3.63, 3.8) is 0 Å². The average molecular weight is 485 g/mol. The van der Waals surface area contributed by atoms with Crippen LogP contribution >= 0.6 is 0 Å². The molecule has 12 heteroatoms. The Morgan fingerprint density at radius 3 is 1.88 bits per heavy atom. The van der Waals surface area contributed by atoms with Crippen molar-refractivity contribution in [2.24, 2.45) is 0 Å². The number of Topliss-reactive ketones (excluding diaryl/α,β-unsaturated/α-hetero) is 1. The van der Waals surface area contributed by atoms with Crippen LogP contribution in [0.2, 0.25) is 0 Å². The Morgan fingerprint density at radius 1 is 0.939 bits per heavy atom. The lowest BCUT2D eigenvalue weighted by Gasteiger charge is -2.22. The van der Waals surface area contributed by atoms with E-state index >= 15 is 0 Å². The monoisotopic (exact) mass is 485 g/mol. The third kappa shape index (κ3) is 10.1. The van der Waals surface area contributed by atoms with Crippen molar-refractivity contribution >= 4 is 17.8 Å². The molecule has 33 heavy (non-hydrogen) atoms. The van der Waals surface area contributed by atoms with E-state index in [1.54, 1.807) is 20.8 Å². The molecule has 0 aliphatic carbocycles. The molecule has 0 fully saturated rings. The van der Waals surface area contributed by atoms with E-state index in [4.69, 9.17) is 4.74 Å². The smallest absolute Gasteiger partial charge is 0.416 e. The van der Waals surface area contributed by atoms with Crippen LogP contribution in [0, 0.1) is 0 Å². The number of ketones is 1. The van der Waals surface area contributed by atoms with Crippen molar-refractivity contribution in [2.75, 3.05) is 7.11 Å². The quantitative estimate of drug-likeness (QED) is 0.411. The summed E-state index contributed by atoms with van der Waals surface area (Å²) in [6.07, 6.45) is -11.9. The van der Waals surface area contributed by atoms with Gasteiger partial charge in [0.1, 0.15) is 17.4 Å². The number of halogens is 6. The molecular formula is C21H25F6NO5. The van der Waals surface area contributed by atoms with Crippen LogP contribution in [0.25, 0.3) is 0 Å². The summed E-state index contributed by atoms with van der Waals surface area (Å²) in [4.78, 5) is 35.9. The summed E-state index contributed by atoms with van der Waals surface area (Å²) in [5.41, 5.74) is -4.28. The first-order valence-corrected chi connectivity index (χ1v) is 9.80. The molecule has 1 aromatic carbocycles. The van der Waals surface area contributed by atoms with Crippen LogP contribution in [0.5, 0.6) is 0 Å². The second-order valence-corrected chi connectivity index (χ2v) is 8.24. The highest BCUT2D eigenvalue weighted by Gasteiger charge is 2.37. The number of benzene rings is 1. The Hall–Kier alpha value is -2.79. The zero-order chi connectivity index (χ0) is 25.6. The molecule has 1 rings (SSSR count). The maximum atomic E-state index is 12.9. The molecule has 1 atom stereocenters. The standard InChI is InChI=1S/C21H25F6NO5/c1-19(2,3)33-18(31)28-16(17(30)32-4)7-5-6-15(29)10-12-8-13(20(22,23)24)11-14(9-12)21(25,26)27/h8-9,11,16H,5-7,10H2,1-4H3,(H,28,31). The second-order valence-electron chi connectivity index (χ2n) is 8.24. The molecule has 1 aromatic rings. The highest BCUT2D eigenvalue weighted by Crippen LogP contribution is 2.36. The summed E-state index contributed by atoms with van der Waals surface area (Å²) in [5, 5.41) is 2.30. The first kappa shape index (κ1) is 28.2. The molecule has 0 aliphatic heterocycles. The maximum Gasteiger partial charge on any atom is 0.416 e. The van der Waals surface area contributed by atoms with Crippen molar-refractivity contribution in [1.82, 2.24) is 5.32 Å². The highest BCUT2D eigenvalue weighted by molar-refractivity contribution is 5.82. The van der Waals surface area contributed by atoms with Crippen molar-refractivity contribution in [3.05, 3.63) is 34.9 Å². The Bertz CT molecular complexity index is 826. The number of alkyl halides is 6. The van der Waals surface area contributed by atoms with E-state index < -0.39 is 65.0 Å². The van der Waals surface area contributed by atoms with Crippen LogP contribution in [-0.4, -0.2) is 36.6 Å². The molecule has 0 radical (unpaired) electrons. The van der Waals surface area contributed by atoms with E-state index in [-0.39, 0.29) is 25.3 Å². The fraction of sp³-hybridized carbons (Fsp3) is 0.571. The molecule has 0 heterocycles. The van der Waals surface area contributed by atoms with E-state index in [1.807, 2.05) is 0 Å². The number of rotatable bonds is 8. The number of amides is 1. The maximum absolute atomic E-state index is 12.9. The number of methoxy groups -OCH3 is 1. The van der Waals surface area contributed by atoms with E-state index in [0.29, 0.717) is 12.1 Å². The first-order valence-electron chi connectivity index (χ1n) is 9.80. The molecule has 0 spiro atoms. The number of nitrogens with one attached hydrogen (secondary N) is 1. The van der Waals surface area contributed by atoms with Crippen molar-refractivity contribution in [1.29, 1.82) is 0 Å². The number of carbonyl (C=O) groups is 3. The van der Waals surface area contributed by atoms with Crippen molar-refractivity contribution < 1.29 is 50.2 Å². The zero-order valence-corrected chi connectivity index (χ0v) is 18.4. The number of alkyl carbamates (subject to hydrolysis) is 1. The Kier molecular flexibility index (Phi) is 9.32. The highest BCUT2D eigenvalue weighted by atomic mass is 19.4. The summed E-state index contributed by atoms with van der Waals surface area (Å²) in [5.74, 6) is -1.44. The summed E-state index contributed by atoms with van der Waals surface area (Å²) in [6.45, 7) is 4.82. The van der Waals surface area contributed by atoms with Crippen molar-refractivity contribution in [2.45, 2.75) is 70.4 Å². The minimum Gasteiger partial charge on any atom is -0.467 e. The SMILES string of the molecule is COC(=O)C(CCCC(=O)Cc1cc(C(F)(F)F)cc(C(F)(F)F)c1)NC(=O)OC(C)(C)C. The van der Waals surface area contributed by atoms with Crippen LogP contribution in [0.15, 0.2) is 18.2 Å². The van der Waals surface area contributed by atoms with Gasteiger partial charge >= 0.3 is 24.4 Å². The lowest BCUT2D eigenvalue weighted by molar-refractivity contribution is -0.144. The fourth-order valence-electron chi connectivity index (χ4n) is 2.78. The molecule has 186 valence electrons. The largest absolute Gasteiger partial charge is 0.467 e. The van der Waals surface area contributed by atoms with Gasteiger partial charge in [-0.3, -0.25) is 4.79 Å². The van der Waals surface area contributed by atoms with Crippen LogP contribution in [0.3, 0.4) is 0 Å². The van der Waals surface area contributed by atoms with Crippen LogP contribution in [-0.2, 0) is 37.8 Å². The van der Waals surface area contributed by atoms with E-state index in [1.165, 1.54) is 0 Å². The zero-order valence-electron chi connectivity index (χ0n) is 18.4. The van der Waals surface area contributed by atoms with Gasteiger partial charge in [0.25, 0.3) is 0 Å². The van der Waals surface area contributed by atoms with Gasteiger partial charge < -0.3 is 14.8 Å². The minimum atomic E-state index is -5.01. The Labute approximate surface area is 186 Å². The van der Waals surface area contributed by atoms with Gasteiger partial charge in [-0.1, -0.05) is 0 Å². The molecule has 1 amide bonds. The number of carbonyl (C=O) groups excluding carboxylic acids is 3. The number of ether oxygens (including phenoxy) is 2. The van der Waals surface area contributed by atoms with Crippen LogP contribution in [0.4, 0.5) is 31.1 Å². The Balaban J connectivity index is 2.81. The summed E-state index contributed by atoms with van der Waals surface area (Å²) < 4.78 is 87.3. The fourth-order valence-corrected chi connectivity index (χ4v) is 2.78. The summed E-state index contributed by atoms with van der Waals surface area (Å²) >= 11 is 0. The number of esters is 1. The third-order valence-corrected chi connectivity index (χ3v) is 4.17. The molecule has 0 saturated heterocycles. The topological polar surface area (TPSA) is 81.7 Å². The molecule has 1 unspecified atom stereocenters. The Morgan fingerprint density at radius 2 is 1.45 bits per heavy atom. The lowest BCUT2D eigenvalue weighted by Crippen LogP contribution is -2.44. The van der Waals surface area contributed by atoms with Gasteiger partial charge in [-0.15, -0.1) is 0 Å². The van der Waals surface area contributed by atoms with Gasteiger partial charge in [0, 0.05) is 12.8 Å². The van der Waals surface area contributed by atoms with Crippen molar-refractivity contribution in [3.8, 4) is 0 Å². The van der Waals surface area contributed by atoms with Gasteiger partial charge in [0.05, 0.1) is 18.2 Å². The third-order valence-electron chi connectivity index (χ3n) is 4.17.